The molecule has 1 aliphatic heterocycles. The highest BCUT2D eigenvalue weighted by molar-refractivity contribution is 5.93. The Balaban J connectivity index is 3.00. The van der Waals surface area contributed by atoms with Gasteiger partial charge in [0, 0.05) is 13.8 Å². The van der Waals surface area contributed by atoms with Gasteiger partial charge >= 0.3 is 5.97 Å². The molecule has 0 N–H and O–H groups in total. The minimum atomic E-state index is -0.913. The van der Waals surface area contributed by atoms with Gasteiger partial charge < -0.3 is 14.2 Å². The molecule has 1 heterocycles. The van der Waals surface area contributed by atoms with Crippen molar-refractivity contribution in [2.45, 2.75) is 26.6 Å². The number of esters is 1. The van der Waals surface area contributed by atoms with E-state index in [2.05, 4.69) is 0 Å². The van der Waals surface area contributed by atoms with Crippen LogP contribution in [-0.4, -0.2) is 18.9 Å². The van der Waals surface area contributed by atoms with Gasteiger partial charge in [-0.15, -0.1) is 0 Å². The van der Waals surface area contributed by atoms with Gasteiger partial charge in [0.05, 0.1) is 7.11 Å². The Bertz CT molecular complexity index is 299. The van der Waals surface area contributed by atoms with E-state index in [1.54, 1.807) is 26.8 Å². The zero-order valence-electron chi connectivity index (χ0n) is 8.79. The van der Waals surface area contributed by atoms with E-state index in [1.165, 1.54) is 13.4 Å². The molecule has 0 aromatic heterocycles. The van der Waals surface area contributed by atoms with Crippen LogP contribution in [0.3, 0.4) is 0 Å². The van der Waals surface area contributed by atoms with Crippen LogP contribution in [0.5, 0.6) is 0 Å². The molecule has 1 aliphatic rings. The highest BCUT2D eigenvalue weighted by Gasteiger charge is 2.36. The predicted octanol–water partition coefficient (Wildman–Crippen LogP) is 1.73. The Morgan fingerprint density at radius 1 is 1.36 bits per heavy atom. The summed E-state index contributed by atoms with van der Waals surface area (Å²) in [4.78, 5) is 11.5. The third-order valence-electron chi connectivity index (χ3n) is 1.68. The lowest BCUT2D eigenvalue weighted by Crippen LogP contribution is -2.37. The Hall–Kier alpha value is -1.45. The number of rotatable bonds is 1. The fraction of sp³-hybridized carbons (Fsp3) is 0.500. The first-order valence-corrected chi connectivity index (χ1v) is 4.32. The molecule has 1 saturated heterocycles. The minimum absolute atomic E-state index is 0.300. The van der Waals surface area contributed by atoms with E-state index in [1.807, 2.05) is 0 Å². The minimum Gasteiger partial charge on any atom is -0.503 e. The highest BCUT2D eigenvalue weighted by Crippen LogP contribution is 2.29. The van der Waals surface area contributed by atoms with Crippen LogP contribution in [0.2, 0.25) is 0 Å². The predicted molar refractivity (Wildman–Crippen MR) is 50.1 cm³/mol. The Morgan fingerprint density at radius 2 is 2.00 bits per heavy atom. The van der Waals surface area contributed by atoms with E-state index >= 15 is 0 Å². The van der Waals surface area contributed by atoms with Crippen molar-refractivity contribution in [1.29, 1.82) is 0 Å². The molecule has 0 bridgehead atoms. The van der Waals surface area contributed by atoms with Crippen molar-refractivity contribution in [3.05, 3.63) is 23.7 Å². The Labute approximate surface area is 83.1 Å². The summed E-state index contributed by atoms with van der Waals surface area (Å²) >= 11 is 0. The molecule has 0 spiro atoms. The van der Waals surface area contributed by atoms with E-state index in [4.69, 9.17) is 14.2 Å². The van der Waals surface area contributed by atoms with E-state index in [-0.39, 0.29) is 0 Å². The van der Waals surface area contributed by atoms with Gasteiger partial charge in [0.15, 0.2) is 0 Å². The van der Waals surface area contributed by atoms with Crippen molar-refractivity contribution in [3.8, 4) is 0 Å². The molecule has 1 fully saturated rings. The second-order valence-electron chi connectivity index (χ2n) is 3.31. The SMILES string of the molecule is C/C=C1/OC(C)(C)OC(=O)/C1=C\OC. The molecule has 1 rings (SSSR count). The lowest BCUT2D eigenvalue weighted by molar-refractivity contribution is -0.208. The van der Waals surface area contributed by atoms with Crippen LogP contribution in [-0.2, 0) is 19.0 Å². The van der Waals surface area contributed by atoms with Crippen molar-refractivity contribution < 1.29 is 19.0 Å². The number of carbonyl (C=O) groups excluding carboxylic acids is 1. The molecular formula is C10H14O4. The third-order valence-corrected chi connectivity index (χ3v) is 1.68. The number of ether oxygens (including phenoxy) is 3. The molecule has 78 valence electrons. The number of hydrogen-bond donors (Lipinski definition) is 0. The smallest absolute Gasteiger partial charge is 0.348 e. The molecule has 0 aromatic carbocycles. The maximum atomic E-state index is 11.5. The maximum Gasteiger partial charge on any atom is 0.348 e. The standard InChI is InChI=1S/C10H14O4/c1-5-8-7(6-12-4)9(11)14-10(2,3)13-8/h5-6H,1-4H3/b7-6-,8-5+. The Morgan fingerprint density at radius 3 is 2.50 bits per heavy atom. The molecular weight excluding hydrogens is 184 g/mol. The molecule has 0 aromatic rings. The van der Waals surface area contributed by atoms with Gasteiger partial charge in [-0.3, -0.25) is 0 Å². The normalized spacial score (nSPS) is 25.9. The van der Waals surface area contributed by atoms with Crippen LogP contribution in [0, 0.1) is 0 Å². The lowest BCUT2D eigenvalue weighted by atomic mass is 10.2. The second-order valence-corrected chi connectivity index (χ2v) is 3.31. The van der Waals surface area contributed by atoms with E-state index in [0.29, 0.717) is 11.3 Å². The molecule has 4 heteroatoms. The lowest BCUT2D eigenvalue weighted by Gasteiger charge is -2.32. The fourth-order valence-electron chi connectivity index (χ4n) is 1.16. The molecule has 0 radical (unpaired) electrons. The molecule has 0 amide bonds. The summed E-state index contributed by atoms with van der Waals surface area (Å²) in [6.07, 6.45) is 3.01. The first kappa shape index (κ1) is 10.6. The Kier molecular flexibility index (Phi) is 2.84. The topological polar surface area (TPSA) is 44.8 Å². The molecule has 0 atom stereocenters. The van der Waals surface area contributed by atoms with Crippen LogP contribution in [0.25, 0.3) is 0 Å². The van der Waals surface area contributed by atoms with Crippen molar-refractivity contribution in [2.24, 2.45) is 0 Å². The van der Waals surface area contributed by atoms with Crippen molar-refractivity contribution in [3.63, 3.8) is 0 Å². The van der Waals surface area contributed by atoms with Gasteiger partial charge in [-0.2, -0.15) is 0 Å². The fourth-order valence-corrected chi connectivity index (χ4v) is 1.16. The molecule has 4 nitrogen and oxygen atoms in total. The highest BCUT2D eigenvalue weighted by atomic mass is 16.7. The molecule has 0 unspecified atom stereocenters. The van der Waals surface area contributed by atoms with Gasteiger partial charge in [-0.1, -0.05) is 0 Å². The summed E-state index contributed by atoms with van der Waals surface area (Å²) in [6.45, 7) is 5.14. The molecule has 0 aliphatic carbocycles. The van der Waals surface area contributed by atoms with Crippen LogP contribution in [0.4, 0.5) is 0 Å². The first-order chi connectivity index (χ1) is 6.50. The summed E-state index contributed by atoms with van der Waals surface area (Å²) in [5.41, 5.74) is 0.300. The number of cyclic esters (lactones) is 1. The summed E-state index contributed by atoms with van der Waals surface area (Å²) in [5.74, 6) is -0.867. The average molecular weight is 198 g/mol. The maximum absolute atomic E-state index is 11.5. The average Bonchev–Trinajstić information content (AvgIpc) is 2.08. The summed E-state index contributed by atoms with van der Waals surface area (Å²) in [5, 5.41) is 0. The number of methoxy groups -OCH3 is 1. The van der Waals surface area contributed by atoms with E-state index in [9.17, 15) is 4.79 Å². The van der Waals surface area contributed by atoms with Gasteiger partial charge in [0.2, 0.25) is 5.79 Å². The van der Waals surface area contributed by atoms with E-state index < -0.39 is 11.8 Å². The van der Waals surface area contributed by atoms with Crippen molar-refractivity contribution >= 4 is 5.97 Å². The van der Waals surface area contributed by atoms with Gasteiger partial charge in [-0.25, -0.2) is 4.79 Å². The van der Waals surface area contributed by atoms with Crippen LogP contribution < -0.4 is 0 Å². The largest absolute Gasteiger partial charge is 0.503 e. The first-order valence-electron chi connectivity index (χ1n) is 4.32. The monoisotopic (exact) mass is 198 g/mol. The van der Waals surface area contributed by atoms with E-state index in [0.717, 1.165) is 0 Å². The third kappa shape index (κ3) is 2.07. The summed E-state index contributed by atoms with van der Waals surface area (Å²) in [7, 11) is 1.47. The molecule has 0 saturated carbocycles. The second kappa shape index (κ2) is 3.74. The number of hydrogen-bond acceptors (Lipinski definition) is 4. The van der Waals surface area contributed by atoms with Crippen LogP contribution >= 0.6 is 0 Å². The van der Waals surface area contributed by atoms with Gasteiger partial charge in [0.1, 0.15) is 17.6 Å². The number of carbonyl (C=O) groups is 1. The summed E-state index contributed by atoms with van der Waals surface area (Å²) < 4.78 is 15.2. The van der Waals surface area contributed by atoms with Gasteiger partial charge in [0.25, 0.3) is 0 Å². The summed E-state index contributed by atoms with van der Waals surface area (Å²) in [6, 6.07) is 0. The van der Waals surface area contributed by atoms with Crippen LogP contribution in [0.15, 0.2) is 23.7 Å². The van der Waals surface area contributed by atoms with Crippen molar-refractivity contribution in [1.82, 2.24) is 0 Å². The van der Waals surface area contributed by atoms with Gasteiger partial charge in [-0.05, 0) is 13.0 Å². The molecule has 14 heavy (non-hydrogen) atoms. The van der Waals surface area contributed by atoms with Crippen LogP contribution in [0.1, 0.15) is 20.8 Å². The quantitative estimate of drug-likeness (QED) is 0.365. The van der Waals surface area contributed by atoms with Crippen molar-refractivity contribution in [2.75, 3.05) is 7.11 Å². The zero-order chi connectivity index (χ0) is 10.8. The zero-order valence-corrected chi connectivity index (χ0v) is 8.79. The number of allylic oxidation sites excluding steroid dienone is 1.